The highest BCUT2D eigenvalue weighted by Gasteiger charge is 2.22. The quantitative estimate of drug-likeness (QED) is 0.811. The summed E-state index contributed by atoms with van der Waals surface area (Å²) in [5, 5.41) is 13.0. The molecule has 0 radical (unpaired) electrons. The molecule has 0 bridgehead atoms. The molecular weight excluding hydrogens is 264 g/mol. The fourth-order valence-electron chi connectivity index (χ4n) is 2.52. The highest BCUT2D eigenvalue weighted by Crippen LogP contribution is 2.28. The highest BCUT2D eigenvalue weighted by molar-refractivity contribution is 5.35. The largest absolute Gasteiger partial charge is 0.496 e. The number of nitrogens with one attached hydrogen (secondary N) is 1. The van der Waals surface area contributed by atoms with Crippen molar-refractivity contribution >= 4 is 0 Å². The number of ether oxygens (including phenoxy) is 1. The average Bonchev–Trinajstić information content (AvgIpc) is 2.44. The molecule has 0 saturated carbocycles. The SMILES string of the molecule is COc1ccccc1[C@H](C)N(C)C[C@@H](CO)NC(C)(C)C. The monoisotopic (exact) mass is 294 g/mol. The van der Waals surface area contributed by atoms with Crippen molar-refractivity contribution in [3.05, 3.63) is 29.8 Å². The smallest absolute Gasteiger partial charge is 0.123 e. The topological polar surface area (TPSA) is 44.7 Å². The van der Waals surface area contributed by atoms with Gasteiger partial charge in [0.2, 0.25) is 0 Å². The first-order valence-corrected chi connectivity index (χ1v) is 7.50. The van der Waals surface area contributed by atoms with Gasteiger partial charge in [-0.05, 0) is 40.8 Å². The van der Waals surface area contributed by atoms with E-state index in [1.165, 1.54) is 0 Å². The first-order chi connectivity index (χ1) is 9.78. The molecule has 0 aliphatic carbocycles. The summed E-state index contributed by atoms with van der Waals surface area (Å²) in [6, 6.07) is 8.34. The lowest BCUT2D eigenvalue weighted by atomic mass is 10.0. The van der Waals surface area contributed by atoms with Gasteiger partial charge in [-0.25, -0.2) is 0 Å². The van der Waals surface area contributed by atoms with E-state index in [1.54, 1.807) is 7.11 Å². The maximum atomic E-state index is 9.58. The predicted molar refractivity (Wildman–Crippen MR) is 87.8 cm³/mol. The van der Waals surface area contributed by atoms with Crippen LogP contribution >= 0.6 is 0 Å². The minimum Gasteiger partial charge on any atom is -0.496 e. The third-order valence-electron chi connectivity index (χ3n) is 3.62. The van der Waals surface area contributed by atoms with Gasteiger partial charge in [-0.3, -0.25) is 4.90 Å². The average molecular weight is 294 g/mol. The molecule has 21 heavy (non-hydrogen) atoms. The van der Waals surface area contributed by atoms with Gasteiger partial charge in [-0.15, -0.1) is 0 Å². The summed E-state index contributed by atoms with van der Waals surface area (Å²) in [6.45, 7) is 9.38. The van der Waals surface area contributed by atoms with Gasteiger partial charge in [-0.1, -0.05) is 18.2 Å². The van der Waals surface area contributed by atoms with Gasteiger partial charge < -0.3 is 15.2 Å². The second kappa shape index (κ2) is 7.78. The van der Waals surface area contributed by atoms with Crippen LogP contribution in [0.2, 0.25) is 0 Å². The second-order valence-corrected chi connectivity index (χ2v) is 6.63. The minimum absolute atomic E-state index is 0.0120. The van der Waals surface area contributed by atoms with Crippen molar-refractivity contribution in [3.8, 4) is 5.75 Å². The molecule has 0 aromatic heterocycles. The molecular formula is C17H30N2O2. The predicted octanol–water partition coefficient (Wildman–Crippen LogP) is 2.44. The van der Waals surface area contributed by atoms with E-state index in [1.807, 2.05) is 18.2 Å². The Morgan fingerprint density at radius 3 is 2.43 bits per heavy atom. The molecule has 0 spiro atoms. The van der Waals surface area contributed by atoms with Crippen LogP contribution in [0.15, 0.2) is 24.3 Å². The summed E-state index contributed by atoms with van der Waals surface area (Å²) in [4.78, 5) is 2.23. The summed E-state index contributed by atoms with van der Waals surface area (Å²) >= 11 is 0. The Kier molecular flexibility index (Phi) is 6.65. The molecule has 1 aromatic rings. The molecule has 0 fully saturated rings. The lowest BCUT2D eigenvalue weighted by molar-refractivity contribution is 0.156. The van der Waals surface area contributed by atoms with Gasteiger partial charge in [0.1, 0.15) is 5.75 Å². The number of hydrogen-bond acceptors (Lipinski definition) is 4. The molecule has 0 saturated heterocycles. The van der Waals surface area contributed by atoms with Crippen LogP contribution in [0.1, 0.15) is 39.3 Å². The number of rotatable bonds is 7. The van der Waals surface area contributed by atoms with E-state index >= 15 is 0 Å². The van der Waals surface area contributed by atoms with Crippen LogP contribution < -0.4 is 10.1 Å². The normalized spacial score (nSPS) is 15.0. The van der Waals surface area contributed by atoms with Crippen LogP contribution in [0.4, 0.5) is 0 Å². The number of hydrogen-bond donors (Lipinski definition) is 2. The molecule has 2 atom stereocenters. The molecule has 4 nitrogen and oxygen atoms in total. The zero-order valence-electron chi connectivity index (χ0n) is 14.2. The van der Waals surface area contributed by atoms with Gasteiger partial charge in [-0.2, -0.15) is 0 Å². The van der Waals surface area contributed by atoms with Crippen molar-refractivity contribution in [2.45, 2.75) is 45.3 Å². The fourth-order valence-corrected chi connectivity index (χ4v) is 2.52. The van der Waals surface area contributed by atoms with Crippen LogP contribution in [0, 0.1) is 0 Å². The third-order valence-corrected chi connectivity index (χ3v) is 3.62. The Morgan fingerprint density at radius 2 is 1.90 bits per heavy atom. The van der Waals surface area contributed by atoms with E-state index in [0.717, 1.165) is 17.9 Å². The number of aliphatic hydroxyl groups is 1. The Balaban J connectivity index is 2.75. The summed E-state index contributed by atoms with van der Waals surface area (Å²) in [7, 11) is 3.77. The lowest BCUT2D eigenvalue weighted by Gasteiger charge is -2.33. The molecule has 0 heterocycles. The van der Waals surface area contributed by atoms with Gasteiger partial charge in [0.15, 0.2) is 0 Å². The number of para-hydroxylation sites is 1. The number of aliphatic hydroxyl groups excluding tert-OH is 1. The maximum absolute atomic E-state index is 9.58. The summed E-state index contributed by atoms with van der Waals surface area (Å²) < 4.78 is 5.44. The van der Waals surface area contributed by atoms with Crippen molar-refractivity contribution in [1.29, 1.82) is 0 Å². The molecule has 0 aliphatic heterocycles. The van der Waals surface area contributed by atoms with E-state index in [4.69, 9.17) is 4.74 Å². The van der Waals surface area contributed by atoms with Gasteiger partial charge in [0.05, 0.1) is 13.7 Å². The van der Waals surface area contributed by atoms with Crippen molar-refractivity contribution < 1.29 is 9.84 Å². The van der Waals surface area contributed by atoms with Crippen LogP contribution in [0.25, 0.3) is 0 Å². The molecule has 1 aromatic carbocycles. The molecule has 0 amide bonds. The van der Waals surface area contributed by atoms with Crippen LogP contribution in [0.3, 0.4) is 0 Å². The lowest BCUT2D eigenvalue weighted by Crippen LogP contribution is -2.50. The molecule has 0 aliphatic rings. The van der Waals surface area contributed by atoms with Gasteiger partial charge >= 0.3 is 0 Å². The first kappa shape index (κ1) is 18.0. The van der Waals surface area contributed by atoms with Crippen LogP contribution in [0.5, 0.6) is 5.75 Å². The van der Waals surface area contributed by atoms with Crippen molar-refractivity contribution in [2.75, 3.05) is 27.3 Å². The maximum Gasteiger partial charge on any atom is 0.123 e. The number of benzene rings is 1. The number of methoxy groups -OCH3 is 1. The zero-order valence-corrected chi connectivity index (χ0v) is 14.2. The van der Waals surface area contributed by atoms with Gasteiger partial charge in [0.25, 0.3) is 0 Å². The number of nitrogens with zero attached hydrogens (tertiary/aromatic N) is 1. The van der Waals surface area contributed by atoms with Crippen molar-refractivity contribution in [1.82, 2.24) is 10.2 Å². The molecule has 0 unspecified atom stereocenters. The summed E-state index contributed by atoms with van der Waals surface area (Å²) in [5.41, 5.74) is 1.15. The summed E-state index contributed by atoms with van der Waals surface area (Å²) in [6.07, 6.45) is 0. The summed E-state index contributed by atoms with van der Waals surface area (Å²) in [5.74, 6) is 0.904. The van der Waals surface area contributed by atoms with E-state index in [2.05, 4.69) is 51.0 Å². The molecule has 1 rings (SSSR count). The fraction of sp³-hybridized carbons (Fsp3) is 0.647. The zero-order chi connectivity index (χ0) is 16.0. The Bertz CT molecular complexity index is 429. The van der Waals surface area contributed by atoms with E-state index in [0.29, 0.717) is 0 Å². The van der Waals surface area contributed by atoms with Crippen molar-refractivity contribution in [2.24, 2.45) is 0 Å². The van der Waals surface area contributed by atoms with E-state index in [9.17, 15) is 5.11 Å². The molecule has 120 valence electrons. The standard InChI is InChI=1S/C17H30N2O2/c1-13(15-9-7-8-10-16(15)21-6)19(5)11-14(12-20)18-17(2,3)4/h7-10,13-14,18,20H,11-12H2,1-6H3/t13-,14-/m0/s1. The third kappa shape index (κ3) is 5.65. The Morgan fingerprint density at radius 1 is 1.29 bits per heavy atom. The second-order valence-electron chi connectivity index (χ2n) is 6.63. The Labute approximate surface area is 129 Å². The van der Waals surface area contributed by atoms with Crippen LogP contribution in [-0.2, 0) is 0 Å². The van der Waals surface area contributed by atoms with Crippen molar-refractivity contribution in [3.63, 3.8) is 0 Å². The highest BCUT2D eigenvalue weighted by atomic mass is 16.5. The molecule has 2 N–H and O–H groups in total. The Hall–Kier alpha value is -1.10. The molecule has 4 heteroatoms. The van der Waals surface area contributed by atoms with Gasteiger partial charge in [0, 0.05) is 29.7 Å². The first-order valence-electron chi connectivity index (χ1n) is 7.50. The van der Waals surface area contributed by atoms with E-state index in [-0.39, 0.29) is 24.2 Å². The van der Waals surface area contributed by atoms with Crippen LogP contribution in [-0.4, -0.2) is 48.9 Å². The van der Waals surface area contributed by atoms with E-state index < -0.39 is 0 Å². The number of likely N-dealkylation sites (N-methyl/N-ethyl adjacent to an activating group) is 1. The minimum atomic E-state index is -0.0120.